The van der Waals surface area contributed by atoms with Crippen molar-refractivity contribution in [3.8, 4) is 23.0 Å². The minimum atomic E-state index is -0.0177. The Labute approximate surface area is 197 Å². The van der Waals surface area contributed by atoms with Gasteiger partial charge >= 0.3 is 0 Å². The number of hydrogen-bond acceptors (Lipinski definition) is 6. The number of nitrogens with zero attached hydrogens (tertiary/aromatic N) is 3. The predicted molar refractivity (Wildman–Crippen MR) is 129 cm³/mol. The molecule has 0 radical (unpaired) electrons. The van der Waals surface area contributed by atoms with E-state index in [2.05, 4.69) is 15.5 Å². The minimum Gasteiger partial charge on any atom is -0.495 e. The molecule has 7 nitrogen and oxygen atoms in total. The largest absolute Gasteiger partial charge is 0.495 e. The molecule has 1 atom stereocenters. The van der Waals surface area contributed by atoms with Crippen LogP contribution >= 0.6 is 11.8 Å². The van der Waals surface area contributed by atoms with E-state index in [1.807, 2.05) is 78.2 Å². The van der Waals surface area contributed by atoms with Gasteiger partial charge in [0, 0.05) is 12.2 Å². The van der Waals surface area contributed by atoms with Crippen molar-refractivity contribution in [1.29, 1.82) is 0 Å². The van der Waals surface area contributed by atoms with Crippen molar-refractivity contribution in [2.24, 2.45) is 0 Å². The number of ether oxygens (including phenoxy) is 1. The fourth-order valence-corrected chi connectivity index (χ4v) is 4.38. The maximum atomic E-state index is 12.4. The van der Waals surface area contributed by atoms with E-state index in [1.54, 1.807) is 25.1 Å². The quantitative estimate of drug-likeness (QED) is 0.255. The van der Waals surface area contributed by atoms with Crippen molar-refractivity contribution in [2.45, 2.75) is 31.0 Å². The summed E-state index contributed by atoms with van der Waals surface area (Å²) in [5, 5.41) is 12.5. The maximum Gasteiger partial charge on any atom is 0.220 e. The topological polar surface area (TPSA) is 82.2 Å². The highest BCUT2D eigenvalue weighted by Crippen LogP contribution is 2.32. The van der Waals surface area contributed by atoms with Gasteiger partial charge in [-0.3, -0.25) is 9.36 Å². The third kappa shape index (κ3) is 5.46. The number of nitrogens with one attached hydrogen (secondary N) is 1. The van der Waals surface area contributed by atoms with E-state index in [4.69, 9.17) is 9.15 Å². The molecular formula is C25H26N4O3S. The van der Waals surface area contributed by atoms with Crippen LogP contribution in [0.2, 0.25) is 0 Å². The van der Waals surface area contributed by atoms with E-state index in [0.29, 0.717) is 35.3 Å². The molecule has 4 aromatic rings. The molecule has 170 valence electrons. The maximum absolute atomic E-state index is 12.4. The lowest BCUT2D eigenvalue weighted by molar-refractivity contribution is -0.121. The zero-order chi connectivity index (χ0) is 23.0. The van der Waals surface area contributed by atoms with Gasteiger partial charge in [0.05, 0.1) is 25.1 Å². The molecule has 0 fully saturated rings. The van der Waals surface area contributed by atoms with Crippen molar-refractivity contribution in [1.82, 2.24) is 20.1 Å². The number of aromatic nitrogens is 3. The molecule has 4 rings (SSSR count). The van der Waals surface area contributed by atoms with Gasteiger partial charge in [0.1, 0.15) is 5.75 Å². The van der Waals surface area contributed by atoms with Crippen molar-refractivity contribution in [2.75, 3.05) is 12.9 Å². The summed E-state index contributed by atoms with van der Waals surface area (Å²) in [4.78, 5) is 12.4. The summed E-state index contributed by atoms with van der Waals surface area (Å²) in [6.07, 6.45) is 2.77. The van der Waals surface area contributed by atoms with Gasteiger partial charge in [-0.2, -0.15) is 0 Å². The van der Waals surface area contributed by atoms with E-state index in [-0.39, 0.29) is 11.9 Å². The Morgan fingerprint density at radius 2 is 1.88 bits per heavy atom. The van der Waals surface area contributed by atoms with E-state index >= 15 is 0 Å². The molecule has 0 aliphatic rings. The number of carbonyl (C=O) groups excluding carboxylic acids is 1. The molecule has 33 heavy (non-hydrogen) atoms. The van der Waals surface area contributed by atoms with Gasteiger partial charge in [-0.15, -0.1) is 10.2 Å². The summed E-state index contributed by atoms with van der Waals surface area (Å²) in [6, 6.07) is 21.3. The number of para-hydroxylation sites is 2. The summed E-state index contributed by atoms with van der Waals surface area (Å²) in [6.45, 7) is 1.99. The van der Waals surface area contributed by atoms with Crippen molar-refractivity contribution < 1.29 is 13.9 Å². The second-order valence-corrected chi connectivity index (χ2v) is 8.50. The molecule has 0 saturated carbocycles. The first-order valence-corrected chi connectivity index (χ1v) is 11.8. The van der Waals surface area contributed by atoms with Crippen LogP contribution in [-0.2, 0) is 4.79 Å². The van der Waals surface area contributed by atoms with E-state index < -0.39 is 0 Å². The van der Waals surface area contributed by atoms with Gasteiger partial charge in [0.2, 0.25) is 11.7 Å². The average molecular weight is 463 g/mol. The Morgan fingerprint density at radius 1 is 1.09 bits per heavy atom. The van der Waals surface area contributed by atoms with Crippen molar-refractivity contribution in [3.05, 3.63) is 78.6 Å². The third-order valence-electron chi connectivity index (χ3n) is 5.16. The molecule has 1 amide bonds. The smallest absolute Gasteiger partial charge is 0.220 e. The molecule has 1 N–H and O–H groups in total. The van der Waals surface area contributed by atoms with Crippen LogP contribution in [0.15, 0.2) is 82.6 Å². The summed E-state index contributed by atoms with van der Waals surface area (Å²) < 4.78 is 13.1. The predicted octanol–water partition coefficient (Wildman–Crippen LogP) is 5.29. The molecular weight excluding hydrogens is 436 g/mol. The Morgan fingerprint density at radius 3 is 2.64 bits per heavy atom. The molecule has 0 saturated heterocycles. The molecule has 0 aliphatic carbocycles. The first-order chi connectivity index (χ1) is 16.2. The average Bonchev–Trinajstić information content (AvgIpc) is 3.52. The standard InChI is InChI=1S/C25H26N4O3S/c1-18(19-10-4-3-5-11-19)26-23(30)15-9-17-33-25-28-27-24(22-14-8-16-32-22)29(25)20-12-6-7-13-21(20)31-2/h3-8,10-14,16,18H,9,15,17H2,1-2H3,(H,26,30). The number of furan rings is 1. The highest BCUT2D eigenvalue weighted by molar-refractivity contribution is 7.99. The first-order valence-electron chi connectivity index (χ1n) is 10.8. The Balaban J connectivity index is 1.42. The lowest BCUT2D eigenvalue weighted by Crippen LogP contribution is -2.26. The number of thioether (sulfide) groups is 1. The number of rotatable bonds is 10. The lowest BCUT2D eigenvalue weighted by atomic mass is 10.1. The van der Waals surface area contributed by atoms with Gasteiger partial charge in [-0.1, -0.05) is 54.2 Å². The highest BCUT2D eigenvalue weighted by atomic mass is 32.2. The molecule has 1 unspecified atom stereocenters. The lowest BCUT2D eigenvalue weighted by Gasteiger charge is -2.14. The minimum absolute atomic E-state index is 0.0177. The van der Waals surface area contributed by atoms with Crippen molar-refractivity contribution in [3.63, 3.8) is 0 Å². The molecule has 0 spiro atoms. The van der Waals surface area contributed by atoms with Gasteiger partial charge < -0.3 is 14.5 Å². The number of hydrogen-bond donors (Lipinski definition) is 1. The van der Waals surface area contributed by atoms with Crippen LogP contribution < -0.4 is 10.1 Å². The molecule has 0 aliphatic heterocycles. The van der Waals surface area contributed by atoms with Crippen LogP contribution in [-0.4, -0.2) is 33.5 Å². The van der Waals surface area contributed by atoms with Crippen LogP contribution in [0.4, 0.5) is 0 Å². The normalized spacial score (nSPS) is 11.8. The Bertz CT molecular complexity index is 1180. The van der Waals surface area contributed by atoms with Gasteiger partial charge in [-0.25, -0.2) is 0 Å². The summed E-state index contributed by atoms with van der Waals surface area (Å²) in [5.74, 6) is 2.69. The van der Waals surface area contributed by atoms with E-state index in [9.17, 15) is 4.79 Å². The number of carbonyl (C=O) groups is 1. The van der Waals surface area contributed by atoms with Crippen LogP contribution in [0, 0.1) is 0 Å². The van der Waals surface area contributed by atoms with Crippen molar-refractivity contribution >= 4 is 17.7 Å². The van der Waals surface area contributed by atoms with Gasteiger partial charge in [0.25, 0.3) is 0 Å². The van der Waals surface area contributed by atoms with Crippen LogP contribution in [0.3, 0.4) is 0 Å². The summed E-state index contributed by atoms with van der Waals surface area (Å²) in [7, 11) is 1.64. The Hall–Kier alpha value is -3.52. The SMILES string of the molecule is COc1ccccc1-n1c(SCCCC(=O)NC(C)c2ccccc2)nnc1-c1ccco1. The van der Waals surface area contributed by atoms with E-state index in [1.165, 1.54) is 0 Å². The second kappa shape index (κ2) is 10.9. The van der Waals surface area contributed by atoms with Gasteiger partial charge in [-0.05, 0) is 43.2 Å². The number of benzene rings is 2. The van der Waals surface area contributed by atoms with Crippen LogP contribution in [0.25, 0.3) is 17.3 Å². The molecule has 8 heteroatoms. The molecule has 2 heterocycles. The zero-order valence-corrected chi connectivity index (χ0v) is 19.4. The number of amides is 1. The summed E-state index contributed by atoms with van der Waals surface area (Å²) >= 11 is 1.55. The highest BCUT2D eigenvalue weighted by Gasteiger charge is 2.20. The molecule has 2 aromatic heterocycles. The zero-order valence-electron chi connectivity index (χ0n) is 18.6. The monoisotopic (exact) mass is 462 g/mol. The van der Waals surface area contributed by atoms with Crippen LogP contribution in [0.5, 0.6) is 5.75 Å². The molecule has 0 bridgehead atoms. The van der Waals surface area contributed by atoms with E-state index in [0.717, 1.165) is 17.0 Å². The summed E-state index contributed by atoms with van der Waals surface area (Å²) in [5.41, 5.74) is 1.92. The molecule has 2 aromatic carbocycles. The number of methoxy groups -OCH3 is 1. The van der Waals surface area contributed by atoms with Gasteiger partial charge in [0.15, 0.2) is 10.9 Å². The fraction of sp³-hybridized carbons (Fsp3) is 0.240. The fourth-order valence-electron chi connectivity index (χ4n) is 3.50. The van der Waals surface area contributed by atoms with Crippen LogP contribution in [0.1, 0.15) is 31.4 Å². The third-order valence-corrected chi connectivity index (χ3v) is 6.17. The second-order valence-electron chi connectivity index (χ2n) is 7.44. The Kier molecular flexibility index (Phi) is 7.47. The first kappa shape index (κ1) is 22.7.